The molecule has 0 saturated carbocycles. The highest BCUT2D eigenvalue weighted by molar-refractivity contribution is 7.16. The molecule has 2 aliphatic rings. The Morgan fingerprint density at radius 2 is 2.17 bits per heavy atom. The zero-order valence-corrected chi connectivity index (χ0v) is 13.8. The molecular weight excluding hydrogens is 312 g/mol. The third kappa shape index (κ3) is 2.47. The number of rotatable bonds is 2. The summed E-state index contributed by atoms with van der Waals surface area (Å²) in [4.78, 5) is 29.9. The van der Waals surface area contributed by atoms with Crippen molar-refractivity contribution in [3.05, 3.63) is 41.2 Å². The predicted molar refractivity (Wildman–Crippen MR) is 87.7 cm³/mol. The summed E-state index contributed by atoms with van der Waals surface area (Å²) in [6, 6.07) is 5.75. The van der Waals surface area contributed by atoms with Gasteiger partial charge in [0.2, 0.25) is 5.91 Å². The summed E-state index contributed by atoms with van der Waals surface area (Å²) in [5.41, 5.74) is 0.478. The molecule has 120 valence electrons. The maximum atomic E-state index is 12.5. The number of furan rings is 1. The van der Waals surface area contributed by atoms with Gasteiger partial charge in [0.1, 0.15) is 6.26 Å². The number of carbonyl (C=O) groups excluding carboxylic acids is 2. The highest BCUT2D eigenvalue weighted by Crippen LogP contribution is 2.43. The Bertz CT molecular complexity index is 752. The molecule has 0 N–H and O–H groups in total. The molecule has 4 rings (SSSR count). The molecule has 0 bridgehead atoms. The Balaban J connectivity index is 1.50. The van der Waals surface area contributed by atoms with Crippen LogP contribution in [-0.2, 0) is 4.79 Å². The number of thiophene rings is 1. The van der Waals surface area contributed by atoms with Crippen LogP contribution < -0.4 is 4.90 Å². The first-order valence-corrected chi connectivity index (χ1v) is 8.56. The average Bonchev–Trinajstić information content (AvgIpc) is 3.28. The summed E-state index contributed by atoms with van der Waals surface area (Å²) in [7, 11) is 0. The van der Waals surface area contributed by atoms with Gasteiger partial charge in [-0.15, -0.1) is 11.3 Å². The van der Waals surface area contributed by atoms with Crippen LogP contribution in [0.15, 0.2) is 35.1 Å². The van der Waals surface area contributed by atoms with E-state index in [0.717, 1.165) is 11.4 Å². The summed E-state index contributed by atoms with van der Waals surface area (Å²) in [5, 5.41) is 1.02. The first kappa shape index (κ1) is 14.5. The maximum absolute atomic E-state index is 12.5. The van der Waals surface area contributed by atoms with Crippen molar-refractivity contribution >= 4 is 28.2 Å². The van der Waals surface area contributed by atoms with Gasteiger partial charge in [-0.25, -0.2) is 0 Å². The fourth-order valence-electron chi connectivity index (χ4n) is 3.61. The third-order valence-electron chi connectivity index (χ3n) is 4.81. The second-order valence-electron chi connectivity index (χ2n) is 6.53. The van der Waals surface area contributed by atoms with Crippen molar-refractivity contribution in [3.63, 3.8) is 0 Å². The molecule has 6 heteroatoms. The zero-order chi connectivity index (χ0) is 16.0. The van der Waals surface area contributed by atoms with Gasteiger partial charge in [0, 0.05) is 36.3 Å². The topological polar surface area (TPSA) is 53.8 Å². The summed E-state index contributed by atoms with van der Waals surface area (Å²) >= 11 is 1.65. The van der Waals surface area contributed by atoms with E-state index in [4.69, 9.17) is 4.42 Å². The van der Waals surface area contributed by atoms with E-state index in [1.807, 2.05) is 28.9 Å². The lowest BCUT2D eigenvalue weighted by Gasteiger charge is -2.23. The molecule has 2 amide bonds. The molecule has 2 aliphatic heterocycles. The lowest BCUT2D eigenvalue weighted by atomic mass is 9.86. The fraction of sp³-hybridized carbons (Fsp3) is 0.412. The molecule has 0 aliphatic carbocycles. The van der Waals surface area contributed by atoms with E-state index < -0.39 is 0 Å². The average molecular weight is 330 g/mol. The van der Waals surface area contributed by atoms with Crippen molar-refractivity contribution in [2.75, 3.05) is 24.5 Å². The number of aryl methyl sites for hydroxylation is 1. The molecular formula is C17H18N2O3S. The van der Waals surface area contributed by atoms with Crippen LogP contribution in [0.1, 0.15) is 28.1 Å². The fourth-order valence-corrected chi connectivity index (χ4v) is 4.49. The van der Waals surface area contributed by atoms with Crippen molar-refractivity contribution in [1.29, 1.82) is 0 Å². The molecule has 0 radical (unpaired) electrons. The Hall–Kier alpha value is -2.08. The van der Waals surface area contributed by atoms with Gasteiger partial charge in [0.15, 0.2) is 0 Å². The summed E-state index contributed by atoms with van der Waals surface area (Å²) in [5.74, 6) is 0.165. The highest BCUT2D eigenvalue weighted by Gasteiger charge is 2.49. The van der Waals surface area contributed by atoms with Crippen LogP contribution in [0.2, 0.25) is 0 Å². The largest absolute Gasteiger partial charge is 0.472 e. The molecule has 1 unspecified atom stereocenters. The van der Waals surface area contributed by atoms with Gasteiger partial charge in [0.25, 0.3) is 5.91 Å². The van der Waals surface area contributed by atoms with E-state index >= 15 is 0 Å². The minimum absolute atomic E-state index is 0.00603. The molecule has 1 spiro atoms. The van der Waals surface area contributed by atoms with Crippen molar-refractivity contribution in [3.8, 4) is 0 Å². The van der Waals surface area contributed by atoms with Gasteiger partial charge in [-0.2, -0.15) is 0 Å². The molecule has 5 nitrogen and oxygen atoms in total. The van der Waals surface area contributed by atoms with Gasteiger partial charge >= 0.3 is 0 Å². The Morgan fingerprint density at radius 1 is 1.30 bits per heavy atom. The molecule has 1 atom stereocenters. The van der Waals surface area contributed by atoms with Crippen LogP contribution in [0.3, 0.4) is 0 Å². The Labute approximate surface area is 138 Å². The summed E-state index contributed by atoms with van der Waals surface area (Å²) in [6.07, 6.45) is 4.40. The third-order valence-corrected chi connectivity index (χ3v) is 5.83. The molecule has 2 fully saturated rings. The van der Waals surface area contributed by atoms with Gasteiger partial charge in [0.05, 0.1) is 16.8 Å². The maximum Gasteiger partial charge on any atom is 0.257 e. The lowest BCUT2D eigenvalue weighted by molar-refractivity contribution is -0.117. The number of carbonyl (C=O) groups is 2. The van der Waals surface area contributed by atoms with E-state index in [2.05, 4.69) is 0 Å². The van der Waals surface area contributed by atoms with Crippen molar-refractivity contribution < 1.29 is 14.0 Å². The van der Waals surface area contributed by atoms with E-state index in [9.17, 15) is 9.59 Å². The van der Waals surface area contributed by atoms with Crippen LogP contribution >= 0.6 is 11.3 Å². The zero-order valence-electron chi connectivity index (χ0n) is 12.9. The van der Waals surface area contributed by atoms with Crippen molar-refractivity contribution in [1.82, 2.24) is 4.90 Å². The Morgan fingerprint density at radius 3 is 2.87 bits per heavy atom. The summed E-state index contributed by atoms with van der Waals surface area (Å²) in [6.45, 7) is 4.10. The normalized spacial score (nSPS) is 24.1. The first-order valence-electron chi connectivity index (χ1n) is 7.75. The van der Waals surface area contributed by atoms with Crippen molar-refractivity contribution in [2.45, 2.75) is 19.8 Å². The van der Waals surface area contributed by atoms with Crippen LogP contribution in [0.25, 0.3) is 0 Å². The van der Waals surface area contributed by atoms with E-state index in [-0.39, 0.29) is 17.2 Å². The van der Waals surface area contributed by atoms with E-state index in [1.165, 1.54) is 17.4 Å². The van der Waals surface area contributed by atoms with Crippen LogP contribution in [0.5, 0.6) is 0 Å². The highest BCUT2D eigenvalue weighted by atomic mass is 32.1. The van der Waals surface area contributed by atoms with Gasteiger partial charge in [-0.1, -0.05) is 0 Å². The van der Waals surface area contributed by atoms with Gasteiger partial charge in [-0.05, 0) is 31.5 Å². The number of amides is 2. The molecule has 2 aromatic heterocycles. The molecule has 0 aromatic carbocycles. The quantitative estimate of drug-likeness (QED) is 0.851. The van der Waals surface area contributed by atoms with Crippen LogP contribution in [-0.4, -0.2) is 36.3 Å². The molecule has 4 heterocycles. The summed E-state index contributed by atoms with van der Waals surface area (Å²) < 4.78 is 5.00. The van der Waals surface area contributed by atoms with E-state index in [1.54, 1.807) is 17.4 Å². The number of nitrogens with zero attached hydrogens (tertiary/aromatic N) is 2. The predicted octanol–water partition coefficient (Wildman–Crippen LogP) is 2.92. The molecule has 23 heavy (non-hydrogen) atoms. The van der Waals surface area contributed by atoms with Crippen LogP contribution in [0, 0.1) is 12.3 Å². The minimum Gasteiger partial charge on any atom is -0.472 e. The van der Waals surface area contributed by atoms with Gasteiger partial charge in [-0.3, -0.25) is 9.59 Å². The van der Waals surface area contributed by atoms with E-state index in [0.29, 0.717) is 31.6 Å². The number of hydrogen-bond acceptors (Lipinski definition) is 4. The lowest BCUT2D eigenvalue weighted by Crippen LogP contribution is -2.33. The molecule has 2 aromatic rings. The second-order valence-corrected chi connectivity index (χ2v) is 7.80. The Kier molecular flexibility index (Phi) is 3.30. The standard InChI is InChI=1S/C17H18N2O3S/c1-12-2-3-15(23-12)19-11-17(8-14(19)20)5-6-18(10-17)16(21)13-4-7-22-9-13/h2-4,7,9H,5-6,8,10-11H2,1H3. The van der Waals surface area contributed by atoms with Crippen molar-refractivity contribution in [2.24, 2.45) is 5.41 Å². The number of hydrogen-bond donors (Lipinski definition) is 0. The smallest absolute Gasteiger partial charge is 0.257 e. The second kappa shape index (κ2) is 5.23. The SMILES string of the molecule is Cc1ccc(N2CC3(CCN(C(=O)c4ccoc4)C3)CC2=O)s1. The monoisotopic (exact) mass is 330 g/mol. The van der Waals surface area contributed by atoms with Gasteiger partial charge < -0.3 is 14.2 Å². The molecule has 2 saturated heterocycles. The minimum atomic E-state index is -0.103. The number of likely N-dealkylation sites (tertiary alicyclic amines) is 1. The van der Waals surface area contributed by atoms with Crippen LogP contribution in [0.4, 0.5) is 5.00 Å². The number of anilines is 1. The first-order chi connectivity index (χ1) is 11.1.